The second-order valence-electron chi connectivity index (χ2n) is 0. The van der Waals surface area contributed by atoms with E-state index in [1.54, 1.807) is 0 Å². The van der Waals surface area contributed by atoms with Crippen LogP contribution in [-0.2, 0) is 67.1 Å². The van der Waals surface area contributed by atoms with Crippen molar-refractivity contribution in [3.63, 3.8) is 0 Å². The molecular formula is H12MgNb2O5Ta. The maximum absolute atomic E-state index is 0. The standard InChI is InChI=1S/Mg.2Nb.5H2O.Ta.2H/h;;;5*1H2;;;. The molecule has 9 heavy (non-hydrogen) atoms. The zero-order valence-electron chi connectivity index (χ0n) is 3.84. The molecule has 0 aliphatic heterocycles. The van der Waals surface area contributed by atoms with E-state index in [1.165, 1.54) is 0 Å². The minimum atomic E-state index is 0. The summed E-state index contributed by atoms with van der Waals surface area (Å²) in [5.74, 6) is 0. The van der Waals surface area contributed by atoms with Gasteiger partial charge in [0, 0.05) is 67.1 Å². The molecule has 10 N–H and O–H groups in total. The molecule has 3 radical (unpaired) electrons. The summed E-state index contributed by atoms with van der Waals surface area (Å²) in [6, 6.07) is 0. The topological polar surface area (TPSA) is 158 Å². The Balaban J connectivity index is 0. The molecule has 0 spiro atoms. The maximum atomic E-state index is 0. The van der Waals surface area contributed by atoms with Crippen LogP contribution in [0.15, 0.2) is 0 Å². The van der Waals surface area contributed by atoms with Gasteiger partial charge in [0.15, 0.2) is 0 Å². The third kappa shape index (κ3) is 107. The van der Waals surface area contributed by atoms with Gasteiger partial charge in [0.1, 0.15) is 0 Å². The zero-order chi connectivity index (χ0) is 0. The third-order valence-electron chi connectivity index (χ3n) is 0. The van der Waals surface area contributed by atoms with Crippen LogP contribution in [0.1, 0.15) is 0 Å². The van der Waals surface area contributed by atoms with E-state index < -0.39 is 0 Å². The Morgan fingerprint density at radius 2 is 0.444 bits per heavy atom. The van der Waals surface area contributed by atoms with Crippen LogP contribution < -0.4 is 0 Å². The summed E-state index contributed by atoms with van der Waals surface area (Å²) < 4.78 is 0. The van der Waals surface area contributed by atoms with Crippen LogP contribution in [-0.4, -0.2) is 50.4 Å². The molecule has 0 unspecified atom stereocenters. The number of hydrogen-bond donors (Lipinski definition) is 0. The minimum Gasteiger partial charge on any atom is -0.412 e. The van der Waals surface area contributed by atoms with Crippen molar-refractivity contribution in [2.24, 2.45) is 0 Å². The Bertz CT molecular complexity index is 14.9. The first-order valence-corrected chi connectivity index (χ1v) is 0. The molecule has 0 rings (SSSR count). The quantitative estimate of drug-likeness (QED) is 0.303. The van der Waals surface area contributed by atoms with Crippen molar-refractivity contribution >= 4 is 23.1 Å². The first kappa shape index (κ1) is 177. The van der Waals surface area contributed by atoms with E-state index in [-0.39, 0.29) is 118 Å². The predicted molar refractivity (Wildman–Crippen MR) is 26.6 cm³/mol. The molecule has 0 aromatic rings. The predicted octanol–water partition coefficient (Wildman–Crippen LogP) is -5.05. The summed E-state index contributed by atoms with van der Waals surface area (Å²) in [6.07, 6.45) is 0. The van der Waals surface area contributed by atoms with Gasteiger partial charge in [-0.25, -0.2) is 0 Å². The average molecular weight is 483 g/mol. The van der Waals surface area contributed by atoms with Gasteiger partial charge in [0.2, 0.25) is 0 Å². The van der Waals surface area contributed by atoms with Gasteiger partial charge in [-0.05, 0) is 0 Å². The number of rotatable bonds is 0. The van der Waals surface area contributed by atoms with E-state index in [1.807, 2.05) is 0 Å². The summed E-state index contributed by atoms with van der Waals surface area (Å²) in [5, 5.41) is 0. The van der Waals surface area contributed by atoms with Gasteiger partial charge in [-0.15, -0.1) is 0 Å². The van der Waals surface area contributed by atoms with Crippen molar-refractivity contribution in [3.8, 4) is 0 Å². The Hall–Kier alpha value is 2.79. The summed E-state index contributed by atoms with van der Waals surface area (Å²) >= 11 is 0. The molecule has 0 aromatic carbocycles. The van der Waals surface area contributed by atoms with Gasteiger partial charge >= 0.3 is 23.1 Å². The first-order valence-electron chi connectivity index (χ1n) is 0. The zero-order valence-corrected chi connectivity index (χ0v) is 11.5. The van der Waals surface area contributed by atoms with Crippen LogP contribution in [0.3, 0.4) is 0 Å². The molecule has 0 saturated carbocycles. The van der Waals surface area contributed by atoms with Gasteiger partial charge in [-0.1, -0.05) is 0 Å². The van der Waals surface area contributed by atoms with Gasteiger partial charge in [0.25, 0.3) is 0 Å². The second-order valence-corrected chi connectivity index (χ2v) is 0. The SMILES string of the molecule is O.O.O.O.O.[MgH2].[Nb].[Nb].[Ta]. The fourth-order valence-electron chi connectivity index (χ4n) is 0. The largest absolute Gasteiger partial charge is 0.412 e. The molecule has 9 heteroatoms. The Labute approximate surface area is 116 Å². The third-order valence-corrected chi connectivity index (χ3v) is 0. The van der Waals surface area contributed by atoms with Crippen LogP contribution in [0, 0.1) is 0 Å². The molecule has 0 heterocycles. The fourth-order valence-corrected chi connectivity index (χ4v) is 0. The molecule has 0 saturated heterocycles. The molecule has 0 atom stereocenters. The van der Waals surface area contributed by atoms with E-state index in [0.717, 1.165) is 0 Å². The van der Waals surface area contributed by atoms with E-state index in [9.17, 15) is 0 Å². The van der Waals surface area contributed by atoms with E-state index >= 15 is 0 Å². The molecular weight excluding hydrogens is 471 g/mol. The Kier molecular flexibility index (Phi) is 2610. The van der Waals surface area contributed by atoms with Crippen molar-refractivity contribution in [1.29, 1.82) is 0 Å². The van der Waals surface area contributed by atoms with Crippen molar-refractivity contribution < 1.29 is 94.5 Å². The molecule has 0 aliphatic rings. The molecule has 0 bridgehead atoms. The van der Waals surface area contributed by atoms with Crippen LogP contribution >= 0.6 is 0 Å². The van der Waals surface area contributed by atoms with Gasteiger partial charge < -0.3 is 27.4 Å². The molecule has 0 fully saturated rings. The van der Waals surface area contributed by atoms with Crippen LogP contribution in [0.25, 0.3) is 0 Å². The fraction of sp³-hybridized carbons (Fsp3) is 0. The average Bonchev–Trinajstić information content (AvgIpc) is 0. The van der Waals surface area contributed by atoms with Crippen molar-refractivity contribution in [2.75, 3.05) is 0 Å². The van der Waals surface area contributed by atoms with Crippen LogP contribution in [0.5, 0.6) is 0 Å². The van der Waals surface area contributed by atoms with E-state index in [0.29, 0.717) is 0 Å². The monoisotopic (exact) mass is 483 g/mol. The van der Waals surface area contributed by atoms with Crippen LogP contribution in [0.2, 0.25) is 0 Å². The summed E-state index contributed by atoms with van der Waals surface area (Å²) in [7, 11) is 0. The summed E-state index contributed by atoms with van der Waals surface area (Å²) in [6.45, 7) is 0. The van der Waals surface area contributed by atoms with Crippen molar-refractivity contribution in [3.05, 3.63) is 0 Å². The van der Waals surface area contributed by atoms with Crippen molar-refractivity contribution in [2.45, 2.75) is 0 Å². The molecule has 5 nitrogen and oxygen atoms in total. The van der Waals surface area contributed by atoms with E-state index in [2.05, 4.69) is 0 Å². The Morgan fingerprint density at radius 3 is 0.444 bits per heavy atom. The van der Waals surface area contributed by atoms with E-state index in [4.69, 9.17) is 0 Å². The minimum absolute atomic E-state index is 0. The van der Waals surface area contributed by atoms with Gasteiger partial charge in [0.05, 0.1) is 0 Å². The normalized spacial score (nSPS) is 0. The summed E-state index contributed by atoms with van der Waals surface area (Å²) in [4.78, 5) is 0. The van der Waals surface area contributed by atoms with Crippen LogP contribution in [0.4, 0.5) is 0 Å². The first-order chi connectivity index (χ1) is 0. The smallest absolute Gasteiger partial charge is 0.316 e. The van der Waals surface area contributed by atoms with Gasteiger partial charge in [-0.3, -0.25) is 0 Å². The molecule has 0 aromatic heterocycles. The van der Waals surface area contributed by atoms with Gasteiger partial charge in [-0.2, -0.15) is 0 Å². The molecule has 0 aliphatic carbocycles. The summed E-state index contributed by atoms with van der Waals surface area (Å²) in [5.41, 5.74) is 0. The van der Waals surface area contributed by atoms with Crippen molar-refractivity contribution in [1.82, 2.24) is 0 Å². The Morgan fingerprint density at radius 1 is 0.444 bits per heavy atom. The second kappa shape index (κ2) is 133. The maximum Gasteiger partial charge on any atom is 0.316 e. The molecule has 0 amide bonds. The molecule has 59 valence electrons. The number of hydrogen-bond acceptors (Lipinski definition) is 0.